The van der Waals surface area contributed by atoms with E-state index in [0.717, 1.165) is 11.3 Å². The van der Waals surface area contributed by atoms with E-state index in [4.69, 9.17) is 4.42 Å². The summed E-state index contributed by atoms with van der Waals surface area (Å²) < 4.78 is 6.77. The van der Waals surface area contributed by atoms with E-state index in [9.17, 15) is 9.59 Å². The van der Waals surface area contributed by atoms with Crippen molar-refractivity contribution in [3.05, 3.63) is 93.1 Å². The Morgan fingerprint density at radius 2 is 1.83 bits per heavy atom. The van der Waals surface area contributed by atoms with Crippen LogP contribution in [-0.4, -0.2) is 21.9 Å². The van der Waals surface area contributed by atoms with Crippen molar-refractivity contribution in [3.63, 3.8) is 0 Å². The van der Waals surface area contributed by atoms with Gasteiger partial charge in [-0.15, -0.1) is 11.3 Å². The Morgan fingerprint density at radius 1 is 1.07 bits per heavy atom. The third-order valence-corrected chi connectivity index (χ3v) is 5.88. The summed E-state index contributed by atoms with van der Waals surface area (Å²) in [4.78, 5) is 28.8. The maximum atomic E-state index is 13.4. The lowest BCUT2D eigenvalue weighted by Gasteiger charge is -2.26. The lowest BCUT2D eigenvalue weighted by atomic mass is 10.1. The number of hydrogen-bond donors (Lipinski definition) is 0. The number of para-hydroxylation sites is 2. The standard InChI is InChI=1S/C23H22N2O3S/c1-17(25-20-11-5-6-12-21(20)28-23(25)27)22(26)24(16-19-10-7-15-29-19)14-13-18-8-3-2-4-9-18/h2-12,15,17H,13-14,16H2,1H3. The molecule has 1 atom stereocenters. The van der Waals surface area contributed by atoms with Crippen LogP contribution >= 0.6 is 11.3 Å². The fourth-order valence-corrected chi connectivity index (χ4v) is 4.21. The normalized spacial score (nSPS) is 12.2. The fourth-order valence-electron chi connectivity index (χ4n) is 3.49. The Morgan fingerprint density at radius 3 is 2.59 bits per heavy atom. The van der Waals surface area contributed by atoms with Crippen molar-refractivity contribution in [2.24, 2.45) is 0 Å². The molecule has 2 heterocycles. The molecule has 0 saturated carbocycles. The molecule has 1 unspecified atom stereocenters. The molecule has 0 aliphatic heterocycles. The maximum Gasteiger partial charge on any atom is 0.420 e. The number of hydrogen-bond acceptors (Lipinski definition) is 4. The Balaban J connectivity index is 1.60. The van der Waals surface area contributed by atoms with E-state index in [0.29, 0.717) is 24.2 Å². The SMILES string of the molecule is CC(C(=O)N(CCc1ccccc1)Cc1cccs1)n1c(=O)oc2ccccc21. The lowest BCUT2D eigenvalue weighted by molar-refractivity contribution is -0.134. The third kappa shape index (κ3) is 4.17. The smallest absolute Gasteiger partial charge is 0.408 e. The van der Waals surface area contributed by atoms with Gasteiger partial charge in [0.05, 0.1) is 12.1 Å². The van der Waals surface area contributed by atoms with Gasteiger partial charge < -0.3 is 9.32 Å². The topological polar surface area (TPSA) is 55.5 Å². The van der Waals surface area contributed by atoms with E-state index >= 15 is 0 Å². The molecular weight excluding hydrogens is 384 g/mol. The average molecular weight is 407 g/mol. The number of fused-ring (bicyclic) bond motifs is 1. The molecule has 2 aromatic heterocycles. The van der Waals surface area contributed by atoms with E-state index in [1.165, 1.54) is 10.1 Å². The molecule has 0 N–H and O–H groups in total. The number of thiophene rings is 1. The molecule has 148 valence electrons. The van der Waals surface area contributed by atoms with Crippen molar-refractivity contribution in [3.8, 4) is 0 Å². The van der Waals surface area contributed by atoms with E-state index in [1.807, 2.05) is 52.7 Å². The van der Waals surface area contributed by atoms with Gasteiger partial charge in [0, 0.05) is 11.4 Å². The summed E-state index contributed by atoms with van der Waals surface area (Å²) in [6, 6.07) is 20.7. The van der Waals surface area contributed by atoms with Gasteiger partial charge in [0.1, 0.15) is 6.04 Å². The first-order valence-electron chi connectivity index (χ1n) is 9.58. The number of benzene rings is 2. The number of oxazole rings is 1. The lowest BCUT2D eigenvalue weighted by Crippen LogP contribution is -2.39. The summed E-state index contributed by atoms with van der Waals surface area (Å²) >= 11 is 1.62. The number of rotatable bonds is 7. The van der Waals surface area contributed by atoms with E-state index in [2.05, 4.69) is 12.1 Å². The van der Waals surface area contributed by atoms with E-state index < -0.39 is 11.8 Å². The molecule has 0 radical (unpaired) electrons. The molecule has 0 bridgehead atoms. The summed E-state index contributed by atoms with van der Waals surface area (Å²) in [7, 11) is 0. The number of amides is 1. The maximum absolute atomic E-state index is 13.4. The number of aromatic nitrogens is 1. The van der Waals surface area contributed by atoms with Crippen LogP contribution in [0.2, 0.25) is 0 Å². The zero-order valence-corrected chi connectivity index (χ0v) is 17.0. The second-order valence-corrected chi connectivity index (χ2v) is 7.99. The van der Waals surface area contributed by atoms with Crippen LogP contribution in [0.5, 0.6) is 0 Å². The quantitative estimate of drug-likeness (QED) is 0.454. The highest BCUT2D eigenvalue weighted by Gasteiger charge is 2.26. The van der Waals surface area contributed by atoms with Gasteiger partial charge in [-0.3, -0.25) is 9.36 Å². The highest BCUT2D eigenvalue weighted by Crippen LogP contribution is 2.20. The molecule has 6 heteroatoms. The van der Waals surface area contributed by atoms with Gasteiger partial charge in [0.25, 0.3) is 0 Å². The second-order valence-electron chi connectivity index (χ2n) is 6.96. The molecule has 1 amide bonds. The van der Waals surface area contributed by atoms with Gasteiger partial charge in [-0.1, -0.05) is 48.5 Å². The Labute approximate surface area is 172 Å². The number of nitrogens with zero attached hydrogens (tertiary/aromatic N) is 2. The zero-order valence-electron chi connectivity index (χ0n) is 16.2. The van der Waals surface area contributed by atoms with Crippen LogP contribution in [0, 0.1) is 0 Å². The Hall–Kier alpha value is -3.12. The van der Waals surface area contributed by atoms with Crippen LogP contribution in [0.3, 0.4) is 0 Å². The minimum absolute atomic E-state index is 0.0945. The Kier molecular flexibility index (Phi) is 5.62. The monoisotopic (exact) mass is 406 g/mol. The molecule has 0 fully saturated rings. The van der Waals surface area contributed by atoms with Gasteiger partial charge in [0.2, 0.25) is 5.91 Å². The molecule has 29 heavy (non-hydrogen) atoms. The molecular formula is C23H22N2O3S. The summed E-state index contributed by atoms with van der Waals surface area (Å²) in [6.45, 7) is 2.86. The second kappa shape index (κ2) is 8.49. The van der Waals surface area contributed by atoms with E-state index in [-0.39, 0.29) is 5.91 Å². The molecule has 0 aliphatic rings. The number of carbonyl (C=O) groups excluding carboxylic acids is 1. The van der Waals surface area contributed by atoms with Crippen LogP contribution in [0.15, 0.2) is 81.3 Å². The predicted molar refractivity (Wildman–Crippen MR) is 115 cm³/mol. The minimum Gasteiger partial charge on any atom is -0.408 e. The molecule has 0 aliphatic carbocycles. The predicted octanol–water partition coefficient (Wildman–Crippen LogP) is 4.49. The van der Waals surface area contributed by atoms with Gasteiger partial charge in [-0.05, 0) is 42.5 Å². The highest BCUT2D eigenvalue weighted by molar-refractivity contribution is 7.09. The van der Waals surface area contributed by atoms with Gasteiger partial charge in [-0.25, -0.2) is 4.79 Å². The van der Waals surface area contributed by atoms with Gasteiger partial charge >= 0.3 is 5.76 Å². The van der Waals surface area contributed by atoms with Crippen molar-refractivity contribution in [2.45, 2.75) is 25.9 Å². The summed E-state index contributed by atoms with van der Waals surface area (Å²) in [6.07, 6.45) is 0.756. The van der Waals surface area contributed by atoms with Crippen molar-refractivity contribution in [1.82, 2.24) is 9.47 Å². The summed E-state index contributed by atoms with van der Waals surface area (Å²) in [5.74, 6) is -0.603. The van der Waals surface area contributed by atoms with Crippen molar-refractivity contribution < 1.29 is 9.21 Å². The van der Waals surface area contributed by atoms with Crippen LogP contribution < -0.4 is 5.76 Å². The van der Waals surface area contributed by atoms with Crippen LogP contribution in [0.25, 0.3) is 11.1 Å². The molecule has 5 nitrogen and oxygen atoms in total. The first kappa shape index (κ1) is 19.2. The third-order valence-electron chi connectivity index (χ3n) is 5.02. The molecule has 4 aromatic rings. The minimum atomic E-state index is -0.651. The first-order valence-corrected chi connectivity index (χ1v) is 10.5. The van der Waals surface area contributed by atoms with Crippen molar-refractivity contribution in [2.75, 3.05) is 6.54 Å². The van der Waals surface area contributed by atoms with E-state index in [1.54, 1.807) is 30.4 Å². The molecule has 0 saturated heterocycles. The highest BCUT2D eigenvalue weighted by atomic mass is 32.1. The molecule has 0 spiro atoms. The largest absolute Gasteiger partial charge is 0.420 e. The number of carbonyl (C=O) groups is 1. The summed E-state index contributed by atoms with van der Waals surface area (Å²) in [5, 5.41) is 2.01. The van der Waals surface area contributed by atoms with Crippen LogP contribution in [0.4, 0.5) is 0 Å². The molecule has 4 rings (SSSR count). The van der Waals surface area contributed by atoms with Crippen LogP contribution in [0.1, 0.15) is 23.4 Å². The summed E-state index contributed by atoms with van der Waals surface area (Å²) in [5.41, 5.74) is 2.30. The zero-order chi connectivity index (χ0) is 20.2. The Bertz CT molecular complexity index is 1150. The molecule has 2 aromatic carbocycles. The van der Waals surface area contributed by atoms with Crippen molar-refractivity contribution >= 4 is 28.3 Å². The van der Waals surface area contributed by atoms with Gasteiger partial charge in [0.15, 0.2) is 5.58 Å². The fraction of sp³-hybridized carbons (Fsp3) is 0.217. The van der Waals surface area contributed by atoms with Crippen LogP contribution in [-0.2, 0) is 17.8 Å². The van der Waals surface area contributed by atoms with Gasteiger partial charge in [-0.2, -0.15) is 0 Å². The first-order chi connectivity index (χ1) is 14.1. The average Bonchev–Trinajstić information content (AvgIpc) is 3.37. The van der Waals surface area contributed by atoms with Crippen molar-refractivity contribution in [1.29, 1.82) is 0 Å².